The predicted molar refractivity (Wildman–Crippen MR) is 71.0 cm³/mol. The zero-order valence-electron chi connectivity index (χ0n) is 10.4. The lowest BCUT2D eigenvalue weighted by atomic mass is 10.3. The lowest BCUT2D eigenvalue weighted by Crippen LogP contribution is -2.19. The van der Waals surface area contributed by atoms with Gasteiger partial charge in [0.05, 0.1) is 6.20 Å². The van der Waals surface area contributed by atoms with E-state index in [1.807, 2.05) is 0 Å². The number of halogens is 1. The fourth-order valence-corrected chi connectivity index (χ4v) is 2.11. The smallest absolute Gasteiger partial charge is 0.249 e. The number of rotatable bonds is 3. The maximum atomic E-state index is 12.8. The third kappa shape index (κ3) is 2.78. The van der Waals surface area contributed by atoms with Crippen LogP contribution in [0.3, 0.4) is 0 Å². The zero-order valence-corrected chi connectivity index (χ0v) is 10.4. The number of benzene rings is 1. The van der Waals surface area contributed by atoms with Crippen molar-refractivity contribution in [3.05, 3.63) is 36.3 Å². The van der Waals surface area contributed by atoms with E-state index in [9.17, 15) is 4.39 Å². The van der Waals surface area contributed by atoms with Crippen molar-refractivity contribution < 1.29 is 4.39 Å². The van der Waals surface area contributed by atoms with Crippen LogP contribution >= 0.6 is 0 Å². The van der Waals surface area contributed by atoms with E-state index in [2.05, 4.69) is 25.4 Å². The summed E-state index contributed by atoms with van der Waals surface area (Å²) in [4.78, 5) is 6.60. The summed E-state index contributed by atoms with van der Waals surface area (Å²) in [6.45, 7) is 2.02. The van der Waals surface area contributed by atoms with E-state index in [0.29, 0.717) is 5.95 Å². The number of anilines is 3. The first-order chi connectivity index (χ1) is 9.31. The van der Waals surface area contributed by atoms with E-state index in [1.165, 1.54) is 25.0 Å². The first kappa shape index (κ1) is 11.8. The van der Waals surface area contributed by atoms with Gasteiger partial charge in [-0.2, -0.15) is 10.1 Å². The van der Waals surface area contributed by atoms with E-state index < -0.39 is 0 Å². The van der Waals surface area contributed by atoms with Crippen LogP contribution in [0.2, 0.25) is 0 Å². The van der Waals surface area contributed by atoms with Crippen LogP contribution in [0.5, 0.6) is 0 Å². The summed E-state index contributed by atoms with van der Waals surface area (Å²) < 4.78 is 12.8. The molecule has 2 aromatic rings. The molecule has 0 amide bonds. The third-order valence-corrected chi connectivity index (χ3v) is 3.08. The fourth-order valence-electron chi connectivity index (χ4n) is 2.11. The second-order valence-electron chi connectivity index (χ2n) is 4.46. The monoisotopic (exact) mass is 259 g/mol. The number of nitrogens with zero attached hydrogens (tertiary/aromatic N) is 4. The van der Waals surface area contributed by atoms with Crippen molar-refractivity contribution in [2.24, 2.45) is 0 Å². The fraction of sp³-hybridized carbons (Fsp3) is 0.308. The highest BCUT2D eigenvalue weighted by Crippen LogP contribution is 2.19. The summed E-state index contributed by atoms with van der Waals surface area (Å²) in [6.07, 6.45) is 4.04. The van der Waals surface area contributed by atoms with Gasteiger partial charge in [-0.1, -0.05) is 0 Å². The Morgan fingerprint density at radius 1 is 1.11 bits per heavy atom. The minimum Gasteiger partial charge on any atom is -0.355 e. The molecule has 0 aliphatic carbocycles. The predicted octanol–water partition coefficient (Wildman–Crippen LogP) is 2.35. The van der Waals surface area contributed by atoms with Crippen molar-refractivity contribution in [1.82, 2.24) is 15.2 Å². The quantitative estimate of drug-likeness (QED) is 0.917. The van der Waals surface area contributed by atoms with E-state index in [-0.39, 0.29) is 5.82 Å². The van der Waals surface area contributed by atoms with E-state index >= 15 is 0 Å². The molecule has 0 saturated carbocycles. The maximum Gasteiger partial charge on any atom is 0.249 e. The van der Waals surface area contributed by atoms with Crippen LogP contribution in [0.4, 0.5) is 21.8 Å². The second kappa shape index (κ2) is 5.17. The molecule has 0 radical (unpaired) electrons. The SMILES string of the molecule is Fc1ccc(Nc2nncc(N3CCCC3)n2)cc1. The molecule has 0 spiro atoms. The number of aromatic nitrogens is 3. The molecule has 2 heterocycles. The highest BCUT2D eigenvalue weighted by molar-refractivity contribution is 5.54. The van der Waals surface area contributed by atoms with Crippen molar-refractivity contribution in [1.29, 1.82) is 0 Å². The summed E-state index contributed by atoms with van der Waals surface area (Å²) >= 11 is 0. The van der Waals surface area contributed by atoms with Gasteiger partial charge in [0.25, 0.3) is 0 Å². The van der Waals surface area contributed by atoms with Crippen molar-refractivity contribution in [3.8, 4) is 0 Å². The molecule has 5 nitrogen and oxygen atoms in total. The van der Waals surface area contributed by atoms with Gasteiger partial charge in [0.15, 0.2) is 5.82 Å². The molecule has 3 rings (SSSR count). The van der Waals surface area contributed by atoms with Crippen molar-refractivity contribution in [2.45, 2.75) is 12.8 Å². The molecule has 19 heavy (non-hydrogen) atoms. The highest BCUT2D eigenvalue weighted by atomic mass is 19.1. The Kier molecular flexibility index (Phi) is 3.22. The average Bonchev–Trinajstić information content (AvgIpc) is 2.96. The Bertz CT molecular complexity index is 551. The van der Waals surface area contributed by atoms with Crippen LogP contribution in [-0.2, 0) is 0 Å². The largest absolute Gasteiger partial charge is 0.355 e. The molecule has 98 valence electrons. The minimum atomic E-state index is -0.268. The van der Waals surface area contributed by atoms with Crippen molar-refractivity contribution in [3.63, 3.8) is 0 Å². The Labute approximate surface area is 110 Å². The number of hydrogen-bond acceptors (Lipinski definition) is 5. The summed E-state index contributed by atoms with van der Waals surface area (Å²) in [5.41, 5.74) is 0.738. The molecule has 1 N–H and O–H groups in total. The van der Waals surface area contributed by atoms with Crippen LogP contribution in [0.25, 0.3) is 0 Å². The van der Waals surface area contributed by atoms with Gasteiger partial charge in [-0.25, -0.2) is 4.39 Å². The Morgan fingerprint density at radius 2 is 1.84 bits per heavy atom. The second-order valence-corrected chi connectivity index (χ2v) is 4.46. The lowest BCUT2D eigenvalue weighted by molar-refractivity contribution is 0.628. The third-order valence-electron chi connectivity index (χ3n) is 3.08. The van der Waals surface area contributed by atoms with Gasteiger partial charge in [0.1, 0.15) is 5.82 Å². The molecule has 6 heteroatoms. The Balaban J connectivity index is 1.77. The molecule has 0 unspecified atom stereocenters. The molecule has 1 aliphatic heterocycles. The van der Waals surface area contributed by atoms with Gasteiger partial charge in [-0.15, -0.1) is 5.10 Å². The van der Waals surface area contributed by atoms with E-state index in [1.54, 1.807) is 18.3 Å². The standard InChI is InChI=1S/C13H14FN5/c14-10-3-5-11(6-4-10)16-13-17-12(9-15-18-13)19-7-1-2-8-19/h3-6,9H,1-2,7-8H2,(H,16,17,18). The first-order valence-electron chi connectivity index (χ1n) is 6.28. The first-order valence-corrected chi connectivity index (χ1v) is 6.28. The summed E-state index contributed by atoms with van der Waals surface area (Å²) in [5.74, 6) is 0.989. The molecular weight excluding hydrogens is 245 g/mol. The van der Waals surface area contributed by atoms with Crippen LogP contribution in [0.15, 0.2) is 30.5 Å². The van der Waals surface area contributed by atoms with Gasteiger partial charge in [0, 0.05) is 18.8 Å². The van der Waals surface area contributed by atoms with Crippen molar-refractivity contribution in [2.75, 3.05) is 23.3 Å². The molecule has 1 aliphatic rings. The summed E-state index contributed by atoms with van der Waals surface area (Å²) in [5, 5.41) is 10.9. The molecule has 0 atom stereocenters. The molecule has 1 saturated heterocycles. The van der Waals surface area contributed by atoms with Gasteiger partial charge in [-0.05, 0) is 37.1 Å². The van der Waals surface area contributed by atoms with Crippen LogP contribution in [0, 0.1) is 5.82 Å². The van der Waals surface area contributed by atoms with Gasteiger partial charge < -0.3 is 10.2 Å². The zero-order chi connectivity index (χ0) is 13.1. The van der Waals surface area contributed by atoms with Gasteiger partial charge in [0.2, 0.25) is 5.95 Å². The van der Waals surface area contributed by atoms with E-state index in [0.717, 1.165) is 24.6 Å². The minimum absolute atomic E-state index is 0.268. The molecule has 1 aromatic heterocycles. The normalized spacial score (nSPS) is 14.7. The van der Waals surface area contributed by atoms with Gasteiger partial charge in [-0.3, -0.25) is 0 Å². The molecule has 0 bridgehead atoms. The molecule has 1 fully saturated rings. The Hall–Kier alpha value is -2.24. The number of hydrogen-bond donors (Lipinski definition) is 1. The maximum absolute atomic E-state index is 12.8. The number of nitrogens with one attached hydrogen (secondary N) is 1. The molecule has 1 aromatic carbocycles. The highest BCUT2D eigenvalue weighted by Gasteiger charge is 2.14. The Morgan fingerprint density at radius 3 is 2.58 bits per heavy atom. The average molecular weight is 259 g/mol. The topological polar surface area (TPSA) is 53.9 Å². The molecular formula is C13H14FN5. The lowest BCUT2D eigenvalue weighted by Gasteiger charge is -2.15. The van der Waals surface area contributed by atoms with Crippen LogP contribution in [-0.4, -0.2) is 28.3 Å². The van der Waals surface area contributed by atoms with Crippen molar-refractivity contribution >= 4 is 17.5 Å². The van der Waals surface area contributed by atoms with E-state index in [4.69, 9.17) is 0 Å². The van der Waals surface area contributed by atoms with Gasteiger partial charge >= 0.3 is 0 Å². The van der Waals surface area contributed by atoms with Crippen LogP contribution in [0.1, 0.15) is 12.8 Å². The summed E-state index contributed by atoms with van der Waals surface area (Å²) in [6, 6.07) is 6.06. The summed E-state index contributed by atoms with van der Waals surface area (Å²) in [7, 11) is 0. The van der Waals surface area contributed by atoms with Crippen LogP contribution < -0.4 is 10.2 Å².